The number of hydrogen-bond donors (Lipinski definition) is 1. The molecule has 0 amide bonds. The zero-order valence-corrected chi connectivity index (χ0v) is 14.1. The maximum Gasteiger partial charge on any atom is 0.255 e. The minimum absolute atomic E-state index is 0.0283. The summed E-state index contributed by atoms with van der Waals surface area (Å²) in [6.45, 7) is 0. The molecule has 0 radical (unpaired) electrons. The van der Waals surface area contributed by atoms with Crippen molar-refractivity contribution in [2.75, 3.05) is 0 Å². The van der Waals surface area contributed by atoms with Gasteiger partial charge in [0.25, 0.3) is 5.56 Å². The molecule has 25 heavy (non-hydrogen) atoms. The smallest absolute Gasteiger partial charge is 0.255 e. The van der Waals surface area contributed by atoms with Gasteiger partial charge in [-0.15, -0.1) is 0 Å². The molecule has 1 fully saturated rings. The molecule has 1 saturated carbocycles. The van der Waals surface area contributed by atoms with E-state index in [1.807, 2.05) is 36.4 Å². The van der Waals surface area contributed by atoms with Gasteiger partial charge in [0.15, 0.2) is 0 Å². The lowest BCUT2D eigenvalue weighted by Crippen LogP contribution is -2.37. The van der Waals surface area contributed by atoms with Crippen LogP contribution in [0.1, 0.15) is 36.8 Å². The van der Waals surface area contributed by atoms with E-state index < -0.39 is 0 Å². The normalized spacial score (nSPS) is 17.3. The van der Waals surface area contributed by atoms with Crippen LogP contribution in [0, 0.1) is 0 Å². The van der Waals surface area contributed by atoms with E-state index in [1.165, 1.54) is 18.4 Å². The van der Waals surface area contributed by atoms with Crippen LogP contribution in [0.5, 0.6) is 0 Å². The summed E-state index contributed by atoms with van der Waals surface area (Å²) in [4.78, 5) is 21.1. The second-order valence-electron chi connectivity index (χ2n) is 7.33. The highest BCUT2D eigenvalue weighted by Gasteiger charge is 2.43. The van der Waals surface area contributed by atoms with Crippen molar-refractivity contribution < 1.29 is 0 Å². The van der Waals surface area contributed by atoms with Crippen molar-refractivity contribution in [3.63, 3.8) is 0 Å². The molecule has 5 rings (SSSR count). The number of nitrogens with one attached hydrogen (secondary N) is 1. The molecule has 1 aromatic heterocycles. The third-order valence-corrected chi connectivity index (χ3v) is 5.86. The number of aromatic nitrogens is 2. The van der Waals surface area contributed by atoms with Gasteiger partial charge in [0, 0.05) is 16.5 Å². The number of H-pyrrole nitrogens is 1. The SMILES string of the molecule is O=c1[nH]c(-c2ccccc2)nc2c1C1(CCCC1)Cc1ccccc1-2. The van der Waals surface area contributed by atoms with E-state index in [4.69, 9.17) is 4.98 Å². The number of nitrogens with zero attached hydrogens (tertiary/aromatic N) is 1. The first-order chi connectivity index (χ1) is 12.3. The lowest BCUT2D eigenvalue weighted by Gasteiger charge is -2.35. The van der Waals surface area contributed by atoms with Gasteiger partial charge in [0.1, 0.15) is 5.82 Å². The number of aromatic amines is 1. The van der Waals surface area contributed by atoms with Gasteiger partial charge in [-0.05, 0) is 24.8 Å². The number of hydrogen-bond acceptors (Lipinski definition) is 2. The largest absolute Gasteiger partial charge is 0.306 e. The van der Waals surface area contributed by atoms with Crippen LogP contribution in [0.15, 0.2) is 59.4 Å². The molecule has 124 valence electrons. The van der Waals surface area contributed by atoms with E-state index in [0.717, 1.165) is 41.6 Å². The van der Waals surface area contributed by atoms with Gasteiger partial charge in [-0.3, -0.25) is 4.79 Å². The number of fused-ring (bicyclic) bond motifs is 4. The van der Waals surface area contributed by atoms with Crippen LogP contribution in [0.2, 0.25) is 0 Å². The molecule has 3 heteroatoms. The fraction of sp³-hybridized carbons (Fsp3) is 0.273. The monoisotopic (exact) mass is 328 g/mol. The second-order valence-corrected chi connectivity index (χ2v) is 7.33. The molecule has 0 bridgehead atoms. The van der Waals surface area contributed by atoms with E-state index >= 15 is 0 Å². The van der Waals surface area contributed by atoms with Crippen molar-refractivity contribution in [3.8, 4) is 22.6 Å². The molecule has 1 spiro atoms. The van der Waals surface area contributed by atoms with Crippen LogP contribution < -0.4 is 5.56 Å². The van der Waals surface area contributed by atoms with Gasteiger partial charge < -0.3 is 4.98 Å². The Morgan fingerprint density at radius 1 is 0.920 bits per heavy atom. The molecule has 1 N–H and O–H groups in total. The lowest BCUT2D eigenvalue weighted by atomic mass is 9.68. The Bertz CT molecular complexity index is 998. The number of rotatable bonds is 1. The Balaban J connectivity index is 1.81. The standard InChI is InChI=1S/C22H20N2O/c25-21-18-19(23-20(24-21)15-8-2-1-3-9-15)17-11-5-4-10-16(17)14-22(18)12-6-7-13-22/h1-5,8-11H,6-7,12-14H2,(H,23,24,25). The van der Waals surface area contributed by atoms with Gasteiger partial charge >= 0.3 is 0 Å². The van der Waals surface area contributed by atoms with E-state index in [-0.39, 0.29) is 11.0 Å². The summed E-state index contributed by atoms with van der Waals surface area (Å²) in [6, 6.07) is 18.3. The van der Waals surface area contributed by atoms with E-state index in [2.05, 4.69) is 23.2 Å². The highest BCUT2D eigenvalue weighted by molar-refractivity contribution is 5.73. The van der Waals surface area contributed by atoms with Crippen LogP contribution >= 0.6 is 0 Å². The molecule has 0 aliphatic heterocycles. The Kier molecular flexibility index (Phi) is 3.17. The molecular formula is C22H20N2O. The molecule has 2 aliphatic rings. The highest BCUT2D eigenvalue weighted by Crippen LogP contribution is 2.49. The van der Waals surface area contributed by atoms with Crippen molar-refractivity contribution in [3.05, 3.63) is 76.1 Å². The quantitative estimate of drug-likeness (QED) is 0.716. The van der Waals surface area contributed by atoms with Crippen molar-refractivity contribution in [1.29, 1.82) is 0 Å². The molecule has 2 aromatic carbocycles. The van der Waals surface area contributed by atoms with Crippen LogP contribution in [0.25, 0.3) is 22.6 Å². The fourth-order valence-corrected chi connectivity index (χ4v) is 4.73. The summed E-state index contributed by atoms with van der Waals surface area (Å²) in [7, 11) is 0. The molecule has 0 atom stereocenters. The Hall–Kier alpha value is -2.68. The summed E-state index contributed by atoms with van der Waals surface area (Å²) in [5.74, 6) is 0.661. The predicted molar refractivity (Wildman–Crippen MR) is 99.6 cm³/mol. The fourth-order valence-electron chi connectivity index (χ4n) is 4.73. The minimum Gasteiger partial charge on any atom is -0.306 e. The first kappa shape index (κ1) is 14.6. The topological polar surface area (TPSA) is 45.8 Å². The zero-order chi connectivity index (χ0) is 16.9. The average molecular weight is 328 g/mol. The van der Waals surface area contributed by atoms with E-state index in [9.17, 15) is 4.79 Å². The highest BCUT2D eigenvalue weighted by atomic mass is 16.1. The molecule has 0 unspecified atom stereocenters. The van der Waals surface area contributed by atoms with Gasteiger partial charge in [0.2, 0.25) is 0 Å². The van der Waals surface area contributed by atoms with Crippen molar-refractivity contribution in [2.45, 2.75) is 37.5 Å². The van der Waals surface area contributed by atoms with E-state index in [0.29, 0.717) is 5.82 Å². The molecule has 0 saturated heterocycles. The Labute approximate surface area is 146 Å². The van der Waals surface area contributed by atoms with E-state index in [1.54, 1.807) is 0 Å². The number of benzene rings is 2. The van der Waals surface area contributed by atoms with Crippen LogP contribution in [0.4, 0.5) is 0 Å². The predicted octanol–water partition coefficient (Wildman–Crippen LogP) is 4.47. The van der Waals surface area contributed by atoms with Crippen molar-refractivity contribution >= 4 is 0 Å². The van der Waals surface area contributed by atoms with Gasteiger partial charge in [-0.2, -0.15) is 0 Å². The summed E-state index contributed by atoms with van der Waals surface area (Å²) in [5.41, 5.74) is 5.23. The van der Waals surface area contributed by atoms with Crippen LogP contribution in [0.3, 0.4) is 0 Å². The van der Waals surface area contributed by atoms with Gasteiger partial charge in [-0.25, -0.2) is 4.98 Å². The minimum atomic E-state index is -0.0283. The Morgan fingerprint density at radius 3 is 2.44 bits per heavy atom. The zero-order valence-electron chi connectivity index (χ0n) is 14.1. The molecule has 2 aliphatic carbocycles. The van der Waals surface area contributed by atoms with Crippen LogP contribution in [-0.2, 0) is 11.8 Å². The summed E-state index contributed by atoms with van der Waals surface area (Å²) >= 11 is 0. The maximum absolute atomic E-state index is 13.1. The molecule has 3 nitrogen and oxygen atoms in total. The third-order valence-electron chi connectivity index (χ3n) is 5.86. The third kappa shape index (κ3) is 2.19. The summed E-state index contributed by atoms with van der Waals surface area (Å²) in [5, 5.41) is 0. The lowest BCUT2D eigenvalue weighted by molar-refractivity contribution is 0.427. The molecular weight excluding hydrogens is 308 g/mol. The first-order valence-electron chi connectivity index (χ1n) is 9.05. The van der Waals surface area contributed by atoms with Crippen molar-refractivity contribution in [1.82, 2.24) is 9.97 Å². The maximum atomic E-state index is 13.1. The molecule has 1 heterocycles. The van der Waals surface area contributed by atoms with Gasteiger partial charge in [-0.1, -0.05) is 67.4 Å². The van der Waals surface area contributed by atoms with Crippen molar-refractivity contribution in [2.24, 2.45) is 0 Å². The van der Waals surface area contributed by atoms with Gasteiger partial charge in [0.05, 0.1) is 11.3 Å². The molecule has 3 aromatic rings. The summed E-state index contributed by atoms with van der Waals surface area (Å²) < 4.78 is 0. The average Bonchev–Trinajstić information content (AvgIpc) is 3.10. The second kappa shape index (κ2) is 5.41. The van der Waals surface area contributed by atoms with Crippen LogP contribution in [-0.4, -0.2) is 9.97 Å². The summed E-state index contributed by atoms with van der Waals surface area (Å²) in [6.07, 6.45) is 5.53. The Morgan fingerprint density at radius 2 is 1.64 bits per heavy atom. The first-order valence-corrected chi connectivity index (χ1v) is 9.05.